The van der Waals surface area contributed by atoms with Gasteiger partial charge in [0, 0.05) is 18.5 Å². The number of aliphatic carboxylic acids is 1. The average Bonchev–Trinajstić information content (AvgIpc) is 2.46. The van der Waals surface area contributed by atoms with Gasteiger partial charge >= 0.3 is 5.97 Å². The van der Waals surface area contributed by atoms with E-state index >= 15 is 0 Å². The van der Waals surface area contributed by atoms with Crippen LogP contribution in [0, 0.1) is 5.92 Å². The quantitative estimate of drug-likeness (QED) is 0.906. The van der Waals surface area contributed by atoms with E-state index in [1.54, 1.807) is 4.90 Å². The van der Waals surface area contributed by atoms with Crippen LogP contribution in [0.1, 0.15) is 38.7 Å². The van der Waals surface area contributed by atoms with E-state index in [-0.39, 0.29) is 11.4 Å². The van der Waals surface area contributed by atoms with Gasteiger partial charge in [-0.2, -0.15) is 0 Å². The van der Waals surface area contributed by atoms with Crippen molar-refractivity contribution in [3.8, 4) is 0 Å². The molecule has 1 aromatic rings. The van der Waals surface area contributed by atoms with Gasteiger partial charge in [-0.15, -0.1) is 0 Å². The number of carboxylic acids is 1. The number of hydrogen-bond donors (Lipinski definition) is 1. The fourth-order valence-corrected chi connectivity index (χ4v) is 2.86. The van der Waals surface area contributed by atoms with Gasteiger partial charge in [-0.05, 0) is 38.7 Å². The first kappa shape index (κ1) is 15.5. The maximum absolute atomic E-state index is 12.2. The molecule has 1 aromatic carbocycles. The molecule has 0 bridgehead atoms. The molecule has 0 aliphatic carbocycles. The smallest absolute Gasteiger partial charge is 0.308 e. The molecule has 0 radical (unpaired) electrons. The van der Waals surface area contributed by atoms with Crippen molar-refractivity contribution in [3.05, 3.63) is 35.9 Å². The summed E-state index contributed by atoms with van der Waals surface area (Å²) < 4.78 is 0. The van der Waals surface area contributed by atoms with E-state index in [2.05, 4.69) is 12.1 Å². The molecule has 1 N–H and O–H groups in total. The molecule has 1 fully saturated rings. The van der Waals surface area contributed by atoms with E-state index in [1.165, 1.54) is 5.56 Å². The zero-order valence-electron chi connectivity index (χ0n) is 12.7. The number of piperidine rings is 1. The van der Waals surface area contributed by atoms with Gasteiger partial charge in [0.05, 0.1) is 5.92 Å². The van der Waals surface area contributed by atoms with Crippen LogP contribution in [-0.2, 0) is 16.0 Å². The summed E-state index contributed by atoms with van der Waals surface area (Å²) >= 11 is 0. The molecule has 114 valence electrons. The second-order valence-corrected chi connectivity index (χ2v) is 6.38. The van der Waals surface area contributed by atoms with Crippen LogP contribution in [0.25, 0.3) is 0 Å². The van der Waals surface area contributed by atoms with E-state index in [0.717, 1.165) is 12.8 Å². The van der Waals surface area contributed by atoms with Crippen LogP contribution >= 0.6 is 0 Å². The first-order chi connectivity index (χ1) is 9.90. The number of nitrogens with zero attached hydrogens (tertiary/aromatic N) is 1. The Hall–Kier alpha value is -1.84. The zero-order chi connectivity index (χ0) is 15.5. The molecule has 4 nitrogen and oxygen atoms in total. The van der Waals surface area contributed by atoms with Gasteiger partial charge in [-0.3, -0.25) is 9.59 Å². The number of likely N-dealkylation sites (tertiary alicyclic amines) is 1. The molecule has 0 aromatic heterocycles. The molecule has 2 rings (SSSR count). The van der Waals surface area contributed by atoms with Gasteiger partial charge in [0.25, 0.3) is 0 Å². The van der Waals surface area contributed by atoms with Crippen molar-refractivity contribution in [1.29, 1.82) is 0 Å². The second-order valence-electron chi connectivity index (χ2n) is 6.38. The number of benzene rings is 1. The van der Waals surface area contributed by atoms with Crippen molar-refractivity contribution in [2.45, 2.75) is 45.1 Å². The number of aryl methyl sites for hydroxylation is 1. The van der Waals surface area contributed by atoms with E-state index in [9.17, 15) is 14.7 Å². The minimum atomic E-state index is -0.800. The second kappa shape index (κ2) is 6.29. The Balaban J connectivity index is 2.02. The highest BCUT2D eigenvalue weighted by molar-refractivity contribution is 5.81. The van der Waals surface area contributed by atoms with Crippen molar-refractivity contribution < 1.29 is 14.7 Å². The highest BCUT2D eigenvalue weighted by Gasteiger charge is 2.37. The molecular weight excluding hydrogens is 266 g/mol. The first-order valence-corrected chi connectivity index (χ1v) is 7.47. The number of carboxylic acid groups (broad SMARTS) is 1. The van der Waals surface area contributed by atoms with Gasteiger partial charge in [-0.25, -0.2) is 0 Å². The lowest BCUT2D eigenvalue weighted by Gasteiger charge is -2.43. The van der Waals surface area contributed by atoms with E-state index in [1.807, 2.05) is 32.0 Å². The molecule has 21 heavy (non-hydrogen) atoms. The minimum absolute atomic E-state index is 0.0746. The van der Waals surface area contributed by atoms with Gasteiger partial charge in [0.2, 0.25) is 5.91 Å². The summed E-state index contributed by atoms with van der Waals surface area (Å²) in [6.45, 7) is 4.38. The van der Waals surface area contributed by atoms with Crippen molar-refractivity contribution in [3.63, 3.8) is 0 Å². The van der Waals surface area contributed by atoms with Gasteiger partial charge in [0.1, 0.15) is 0 Å². The lowest BCUT2D eigenvalue weighted by molar-refractivity contribution is -0.150. The summed E-state index contributed by atoms with van der Waals surface area (Å²) in [5.74, 6) is -1.16. The van der Waals surface area contributed by atoms with Crippen molar-refractivity contribution in [2.24, 2.45) is 5.92 Å². The van der Waals surface area contributed by atoms with Crippen LogP contribution in [0.5, 0.6) is 0 Å². The monoisotopic (exact) mass is 289 g/mol. The van der Waals surface area contributed by atoms with Crippen LogP contribution in [0.15, 0.2) is 30.3 Å². The third kappa shape index (κ3) is 3.84. The molecule has 0 spiro atoms. The molecule has 1 heterocycles. The standard InChI is InChI=1S/C17H23NO3/c1-17(2,11-10-13-6-4-3-5-7-13)18-12-14(16(20)21)8-9-15(18)19/h3-7,14H,8-12H2,1-2H3,(H,20,21). The zero-order valence-corrected chi connectivity index (χ0v) is 12.7. The highest BCUT2D eigenvalue weighted by atomic mass is 16.4. The van der Waals surface area contributed by atoms with Crippen molar-refractivity contribution >= 4 is 11.9 Å². The van der Waals surface area contributed by atoms with Gasteiger partial charge < -0.3 is 10.0 Å². The molecular formula is C17H23NO3. The molecule has 1 atom stereocenters. The molecule has 1 aliphatic rings. The Morgan fingerprint density at radius 2 is 2.00 bits per heavy atom. The van der Waals surface area contributed by atoms with E-state index in [4.69, 9.17) is 0 Å². The van der Waals surface area contributed by atoms with Gasteiger partial charge in [-0.1, -0.05) is 30.3 Å². The van der Waals surface area contributed by atoms with Crippen molar-refractivity contribution in [1.82, 2.24) is 4.90 Å². The van der Waals surface area contributed by atoms with Crippen LogP contribution < -0.4 is 0 Å². The molecule has 1 amide bonds. The number of carbonyl (C=O) groups is 2. The first-order valence-electron chi connectivity index (χ1n) is 7.47. The predicted molar refractivity (Wildman–Crippen MR) is 80.9 cm³/mol. The van der Waals surface area contributed by atoms with Crippen molar-refractivity contribution in [2.75, 3.05) is 6.54 Å². The fourth-order valence-electron chi connectivity index (χ4n) is 2.86. The number of hydrogen-bond acceptors (Lipinski definition) is 2. The normalized spacial score (nSPS) is 19.6. The maximum atomic E-state index is 12.2. The molecule has 1 saturated heterocycles. The average molecular weight is 289 g/mol. The van der Waals surface area contributed by atoms with Gasteiger partial charge in [0.15, 0.2) is 0 Å². The number of amides is 1. The summed E-state index contributed by atoms with van der Waals surface area (Å²) in [6.07, 6.45) is 2.51. The summed E-state index contributed by atoms with van der Waals surface area (Å²) in [7, 11) is 0. The van der Waals surface area contributed by atoms with Crippen LogP contribution in [-0.4, -0.2) is 34.0 Å². The molecule has 1 aliphatic heterocycles. The number of rotatable bonds is 5. The summed E-state index contributed by atoms with van der Waals surface area (Å²) in [4.78, 5) is 25.1. The Morgan fingerprint density at radius 1 is 1.33 bits per heavy atom. The third-order valence-corrected chi connectivity index (χ3v) is 4.36. The topological polar surface area (TPSA) is 57.6 Å². The maximum Gasteiger partial charge on any atom is 0.308 e. The lowest BCUT2D eigenvalue weighted by atomic mass is 9.88. The lowest BCUT2D eigenvalue weighted by Crippen LogP contribution is -2.53. The Morgan fingerprint density at radius 3 is 2.62 bits per heavy atom. The Labute approximate surface area is 125 Å². The summed E-state index contributed by atoms with van der Waals surface area (Å²) in [6, 6.07) is 10.2. The largest absolute Gasteiger partial charge is 0.481 e. The van der Waals surface area contributed by atoms with Crippen LogP contribution in [0.4, 0.5) is 0 Å². The Bertz CT molecular complexity index is 510. The molecule has 1 unspecified atom stereocenters. The summed E-state index contributed by atoms with van der Waals surface area (Å²) in [5, 5.41) is 9.18. The summed E-state index contributed by atoms with van der Waals surface area (Å²) in [5.41, 5.74) is 0.922. The molecule has 4 heteroatoms. The third-order valence-electron chi connectivity index (χ3n) is 4.36. The van der Waals surface area contributed by atoms with E-state index < -0.39 is 11.9 Å². The SMILES string of the molecule is CC(C)(CCc1ccccc1)N1CC(C(=O)O)CCC1=O. The van der Waals surface area contributed by atoms with E-state index in [0.29, 0.717) is 19.4 Å². The highest BCUT2D eigenvalue weighted by Crippen LogP contribution is 2.28. The Kier molecular flexibility index (Phi) is 4.66. The number of carbonyl (C=O) groups excluding carboxylic acids is 1. The molecule has 0 saturated carbocycles. The van der Waals surface area contributed by atoms with Crippen LogP contribution in [0.2, 0.25) is 0 Å². The van der Waals surface area contributed by atoms with Crippen LogP contribution in [0.3, 0.4) is 0 Å². The fraction of sp³-hybridized carbons (Fsp3) is 0.529. The minimum Gasteiger partial charge on any atom is -0.481 e. The predicted octanol–water partition coefficient (Wildman–Crippen LogP) is 2.72.